The SMILES string of the molecule is CC(=O)Nc1ccc(C=O)cc1.COc1ccccc1CN.NCC[C@H](N)C(=O)O.O=C(O)Cc1ccccc1. The van der Waals surface area contributed by atoms with E-state index in [0.29, 0.717) is 30.8 Å². The maximum Gasteiger partial charge on any atom is 0.320 e. The lowest BCUT2D eigenvalue weighted by Gasteiger charge is -2.03. The van der Waals surface area contributed by atoms with Crippen molar-refractivity contribution in [3.05, 3.63) is 95.6 Å². The van der Waals surface area contributed by atoms with Crippen LogP contribution in [0.2, 0.25) is 0 Å². The molecule has 216 valence electrons. The second-order valence-corrected chi connectivity index (χ2v) is 8.02. The highest BCUT2D eigenvalue weighted by atomic mass is 16.5. The highest BCUT2D eigenvalue weighted by Crippen LogP contribution is 2.15. The molecule has 3 aromatic carbocycles. The predicted molar refractivity (Wildman–Crippen MR) is 154 cm³/mol. The summed E-state index contributed by atoms with van der Waals surface area (Å²) in [6.07, 6.45) is 1.22. The number of carbonyl (C=O) groups excluding carboxylic acids is 2. The molecular weight excluding hydrogens is 516 g/mol. The van der Waals surface area contributed by atoms with Gasteiger partial charge in [-0.1, -0.05) is 48.5 Å². The van der Waals surface area contributed by atoms with Crippen molar-refractivity contribution < 1.29 is 34.1 Å². The van der Waals surface area contributed by atoms with Crippen LogP contribution in [0.15, 0.2) is 78.9 Å². The first-order valence-corrected chi connectivity index (χ1v) is 12.2. The zero-order chi connectivity index (χ0) is 30.3. The van der Waals surface area contributed by atoms with E-state index in [0.717, 1.165) is 23.2 Å². The molecule has 3 rings (SSSR count). The van der Waals surface area contributed by atoms with E-state index in [1.54, 1.807) is 43.5 Å². The fourth-order valence-corrected chi connectivity index (χ4v) is 2.79. The molecule has 0 aromatic heterocycles. The van der Waals surface area contributed by atoms with Gasteiger partial charge in [-0.05, 0) is 48.9 Å². The molecule has 0 unspecified atom stereocenters. The Bertz CT molecular complexity index is 1130. The van der Waals surface area contributed by atoms with Gasteiger partial charge in [0.2, 0.25) is 5.91 Å². The largest absolute Gasteiger partial charge is 0.496 e. The lowest BCUT2D eigenvalue weighted by Crippen LogP contribution is -2.32. The van der Waals surface area contributed by atoms with Crippen molar-refractivity contribution in [1.29, 1.82) is 0 Å². The Kier molecular flexibility index (Phi) is 18.9. The number of methoxy groups -OCH3 is 1. The fourth-order valence-electron chi connectivity index (χ4n) is 2.79. The highest BCUT2D eigenvalue weighted by molar-refractivity contribution is 5.89. The van der Waals surface area contributed by atoms with Crippen LogP contribution in [-0.2, 0) is 27.3 Å². The number of carbonyl (C=O) groups is 4. The van der Waals surface area contributed by atoms with Crippen LogP contribution in [-0.4, -0.2) is 54.0 Å². The van der Waals surface area contributed by atoms with Gasteiger partial charge in [-0.3, -0.25) is 19.2 Å². The number of carboxylic acid groups (broad SMARTS) is 2. The smallest absolute Gasteiger partial charge is 0.320 e. The minimum Gasteiger partial charge on any atom is -0.496 e. The molecule has 0 heterocycles. The maximum absolute atomic E-state index is 10.6. The van der Waals surface area contributed by atoms with Gasteiger partial charge in [0, 0.05) is 30.3 Å². The summed E-state index contributed by atoms with van der Waals surface area (Å²) < 4.78 is 5.06. The van der Waals surface area contributed by atoms with Gasteiger partial charge in [0.05, 0.1) is 13.5 Å². The van der Waals surface area contributed by atoms with Crippen molar-refractivity contribution in [2.24, 2.45) is 17.2 Å². The number of para-hydroxylation sites is 1. The average molecular weight is 555 g/mol. The summed E-state index contributed by atoms with van der Waals surface area (Å²) >= 11 is 0. The lowest BCUT2D eigenvalue weighted by molar-refractivity contribution is -0.139. The second-order valence-electron chi connectivity index (χ2n) is 8.02. The third kappa shape index (κ3) is 17.0. The van der Waals surface area contributed by atoms with Gasteiger partial charge < -0.3 is 37.5 Å². The number of nitrogens with two attached hydrogens (primary N) is 3. The Labute approximate surface area is 233 Å². The Morgan fingerprint density at radius 1 is 0.925 bits per heavy atom. The topological polar surface area (TPSA) is 208 Å². The lowest BCUT2D eigenvalue weighted by atomic mass is 10.2. The second kappa shape index (κ2) is 21.4. The van der Waals surface area contributed by atoms with Gasteiger partial charge in [-0.15, -0.1) is 0 Å². The monoisotopic (exact) mass is 554 g/mol. The van der Waals surface area contributed by atoms with Crippen LogP contribution in [0.1, 0.15) is 34.8 Å². The van der Waals surface area contributed by atoms with E-state index >= 15 is 0 Å². The Morgan fingerprint density at radius 2 is 1.50 bits per heavy atom. The summed E-state index contributed by atoms with van der Waals surface area (Å²) in [5.41, 5.74) is 18.7. The number of rotatable bonds is 9. The number of aliphatic carboxylic acids is 2. The van der Waals surface area contributed by atoms with E-state index in [2.05, 4.69) is 5.32 Å². The van der Waals surface area contributed by atoms with Gasteiger partial charge in [0.1, 0.15) is 18.1 Å². The van der Waals surface area contributed by atoms with Crippen molar-refractivity contribution in [2.45, 2.75) is 32.4 Å². The molecule has 0 bridgehead atoms. The van der Waals surface area contributed by atoms with E-state index in [4.69, 9.17) is 32.2 Å². The number of aldehydes is 1. The highest BCUT2D eigenvalue weighted by Gasteiger charge is 2.08. The molecule has 0 aliphatic heterocycles. The predicted octanol–water partition coefficient (Wildman–Crippen LogP) is 2.67. The Morgan fingerprint density at radius 3 is 1.90 bits per heavy atom. The van der Waals surface area contributed by atoms with Crippen molar-refractivity contribution in [3.63, 3.8) is 0 Å². The van der Waals surface area contributed by atoms with Crippen LogP contribution in [0, 0.1) is 0 Å². The first-order chi connectivity index (χ1) is 19.1. The first-order valence-electron chi connectivity index (χ1n) is 12.2. The van der Waals surface area contributed by atoms with Crippen LogP contribution in [0.25, 0.3) is 0 Å². The number of benzene rings is 3. The summed E-state index contributed by atoms with van der Waals surface area (Å²) in [6, 6.07) is 22.8. The molecule has 0 radical (unpaired) electrons. The van der Waals surface area contributed by atoms with Crippen molar-refractivity contribution >= 4 is 29.8 Å². The number of hydrogen-bond donors (Lipinski definition) is 6. The molecule has 0 saturated carbocycles. The molecule has 0 saturated heterocycles. The molecule has 11 heteroatoms. The zero-order valence-corrected chi connectivity index (χ0v) is 22.7. The van der Waals surface area contributed by atoms with Crippen molar-refractivity contribution in [1.82, 2.24) is 0 Å². The number of amides is 1. The molecule has 1 atom stereocenters. The molecular formula is C29H38N4O7. The summed E-state index contributed by atoms with van der Waals surface area (Å²) in [7, 11) is 1.65. The number of ether oxygens (including phenoxy) is 1. The van der Waals surface area contributed by atoms with Crippen molar-refractivity contribution in [3.8, 4) is 5.75 Å². The number of nitrogens with one attached hydrogen (secondary N) is 1. The fraction of sp³-hybridized carbons (Fsp3) is 0.241. The number of anilines is 1. The number of carboxylic acids is 2. The maximum atomic E-state index is 10.6. The normalized spacial score (nSPS) is 10.0. The molecule has 0 aliphatic carbocycles. The van der Waals surface area contributed by atoms with E-state index in [1.807, 2.05) is 42.5 Å². The zero-order valence-electron chi connectivity index (χ0n) is 22.7. The van der Waals surface area contributed by atoms with Crippen molar-refractivity contribution in [2.75, 3.05) is 19.0 Å². The van der Waals surface area contributed by atoms with Gasteiger partial charge >= 0.3 is 11.9 Å². The van der Waals surface area contributed by atoms with Crippen LogP contribution >= 0.6 is 0 Å². The van der Waals surface area contributed by atoms with Crippen LogP contribution in [0.4, 0.5) is 5.69 Å². The van der Waals surface area contributed by atoms with Crippen LogP contribution in [0.5, 0.6) is 5.75 Å². The third-order valence-electron chi connectivity index (χ3n) is 4.77. The minimum absolute atomic E-state index is 0.112. The summed E-state index contributed by atoms with van der Waals surface area (Å²) in [4.78, 5) is 40.9. The molecule has 0 fully saturated rings. The quantitative estimate of drug-likeness (QED) is 0.213. The van der Waals surface area contributed by atoms with Gasteiger partial charge in [0.25, 0.3) is 0 Å². The Balaban J connectivity index is 0.000000512. The first kappa shape index (κ1) is 35.4. The van der Waals surface area contributed by atoms with Crippen LogP contribution < -0.4 is 27.3 Å². The minimum atomic E-state index is -0.990. The molecule has 11 nitrogen and oxygen atoms in total. The van der Waals surface area contributed by atoms with Gasteiger partial charge in [-0.25, -0.2) is 0 Å². The standard InChI is InChI=1S/C9H9NO2.C8H11NO.C8H8O2.C4H10N2O2/c1-7(12)10-9-4-2-8(6-11)3-5-9;1-10-8-5-3-2-4-7(8)6-9;9-8(10)6-7-4-2-1-3-5-7;5-2-1-3(6)4(7)8/h2-6H,1H3,(H,10,12);2-5H,6,9H2,1H3;1-5H,6H2,(H,9,10);3H,1-2,5-6H2,(H,7,8)/t;;;3-/m...0/s1. The molecule has 0 aliphatic rings. The van der Waals surface area contributed by atoms with E-state index in [-0.39, 0.29) is 12.3 Å². The summed E-state index contributed by atoms with van der Waals surface area (Å²) in [6.45, 7) is 2.30. The summed E-state index contributed by atoms with van der Waals surface area (Å²) in [5.74, 6) is -1.03. The summed E-state index contributed by atoms with van der Waals surface area (Å²) in [5, 5.41) is 19.1. The van der Waals surface area contributed by atoms with Gasteiger partial charge in [0.15, 0.2) is 0 Å². The van der Waals surface area contributed by atoms with Crippen LogP contribution in [0.3, 0.4) is 0 Å². The third-order valence-corrected chi connectivity index (χ3v) is 4.77. The van der Waals surface area contributed by atoms with E-state index in [1.165, 1.54) is 6.92 Å². The molecule has 3 aromatic rings. The molecule has 9 N–H and O–H groups in total. The molecule has 0 spiro atoms. The molecule has 40 heavy (non-hydrogen) atoms. The van der Waals surface area contributed by atoms with Gasteiger partial charge in [-0.2, -0.15) is 0 Å². The molecule has 1 amide bonds. The number of hydrogen-bond acceptors (Lipinski definition) is 8. The van der Waals surface area contributed by atoms with E-state index < -0.39 is 18.0 Å². The van der Waals surface area contributed by atoms with E-state index in [9.17, 15) is 19.2 Å². The average Bonchev–Trinajstić information content (AvgIpc) is 2.94. The Hall–Kier alpha value is -4.58.